The number of anilines is 1. The largest absolute Gasteiger partial charge is 0.480 e. The second kappa shape index (κ2) is 6.32. The smallest absolute Gasteiger partial charge is 0.226 e. The first-order valence-electron chi connectivity index (χ1n) is 9.57. The first-order chi connectivity index (χ1) is 14.3. The van der Waals surface area contributed by atoms with Crippen molar-refractivity contribution in [2.45, 2.75) is 19.1 Å². The molecule has 6 rings (SSSR count). The molecule has 29 heavy (non-hydrogen) atoms. The van der Waals surface area contributed by atoms with Crippen LogP contribution in [-0.2, 0) is 0 Å². The topological polar surface area (TPSA) is 52.0 Å². The van der Waals surface area contributed by atoms with E-state index in [-0.39, 0.29) is 12.1 Å². The number of para-hydroxylation sites is 1. The number of ether oxygens (including phenoxy) is 1. The third-order valence-corrected chi connectivity index (χ3v) is 6.52. The normalized spacial score (nSPS) is 19.6. The predicted molar refractivity (Wildman–Crippen MR) is 114 cm³/mol. The van der Waals surface area contributed by atoms with Gasteiger partial charge in [-0.05, 0) is 41.6 Å². The van der Waals surface area contributed by atoms with Gasteiger partial charge in [0.1, 0.15) is 18.1 Å². The third kappa shape index (κ3) is 2.46. The molecular weight excluding hydrogens is 380 g/mol. The Morgan fingerprint density at radius 3 is 2.76 bits per heavy atom. The molecule has 142 valence electrons. The van der Waals surface area contributed by atoms with Gasteiger partial charge in [0.15, 0.2) is 6.10 Å². The van der Waals surface area contributed by atoms with Crippen molar-refractivity contribution in [1.29, 1.82) is 0 Å². The summed E-state index contributed by atoms with van der Waals surface area (Å²) in [6.07, 6.45) is 1.42. The molecule has 2 atom stereocenters. The molecule has 0 amide bonds. The lowest BCUT2D eigenvalue weighted by atomic mass is 9.85. The standard InChI is InChI=1S/C23H18N4OS/c1-14-7-2-3-8-15(14)21-19-20(26-23-24-13-25-27(21)23)16-9-4-5-10-17(16)28-22(19)18-11-6-12-29-18/h2-13,21-22H,1H3,(H,24,25,26)/t21-,22+/m1/s1. The lowest BCUT2D eigenvalue weighted by molar-refractivity contribution is 0.226. The van der Waals surface area contributed by atoms with Crippen LogP contribution in [0.1, 0.15) is 33.7 Å². The highest BCUT2D eigenvalue weighted by Crippen LogP contribution is 2.51. The fraction of sp³-hybridized carbons (Fsp3) is 0.130. The Bertz CT molecular complexity index is 1240. The predicted octanol–water partition coefficient (Wildman–Crippen LogP) is 5.21. The number of hydrogen-bond acceptors (Lipinski definition) is 5. The van der Waals surface area contributed by atoms with Crippen LogP contribution in [0.15, 0.2) is 77.9 Å². The lowest BCUT2D eigenvalue weighted by Crippen LogP contribution is -2.32. The van der Waals surface area contributed by atoms with Crippen molar-refractivity contribution >= 4 is 23.0 Å². The molecule has 0 saturated carbocycles. The summed E-state index contributed by atoms with van der Waals surface area (Å²) in [5.41, 5.74) is 5.72. The number of aryl methyl sites for hydroxylation is 1. The fourth-order valence-electron chi connectivity index (χ4n) is 4.29. The number of thiophene rings is 1. The van der Waals surface area contributed by atoms with Crippen LogP contribution >= 0.6 is 11.3 Å². The van der Waals surface area contributed by atoms with Crippen molar-refractivity contribution in [3.63, 3.8) is 0 Å². The van der Waals surface area contributed by atoms with Crippen molar-refractivity contribution < 1.29 is 4.74 Å². The summed E-state index contributed by atoms with van der Waals surface area (Å²) in [5.74, 6) is 1.63. The SMILES string of the molecule is Cc1ccccc1[C@@H]1C2=C(Nc3ncnn31)c1ccccc1O[C@H]2c1cccs1. The average Bonchev–Trinajstić information content (AvgIpc) is 3.44. The molecule has 6 heteroatoms. The summed E-state index contributed by atoms with van der Waals surface area (Å²) < 4.78 is 8.55. The van der Waals surface area contributed by atoms with E-state index in [0.717, 1.165) is 23.0 Å². The van der Waals surface area contributed by atoms with Gasteiger partial charge in [-0.15, -0.1) is 11.3 Å². The molecule has 4 aromatic rings. The number of hydrogen-bond donors (Lipinski definition) is 1. The van der Waals surface area contributed by atoms with Crippen LogP contribution in [0.3, 0.4) is 0 Å². The minimum absolute atomic E-state index is 0.0922. The van der Waals surface area contributed by atoms with E-state index in [1.54, 1.807) is 17.7 Å². The summed E-state index contributed by atoms with van der Waals surface area (Å²) in [4.78, 5) is 5.66. The Hall–Kier alpha value is -3.38. The maximum absolute atomic E-state index is 6.58. The van der Waals surface area contributed by atoms with Crippen molar-refractivity contribution in [1.82, 2.24) is 14.8 Å². The Kier molecular flexibility index (Phi) is 3.61. The van der Waals surface area contributed by atoms with E-state index in [9.17, 15) is 0 Å². The number of rotatable bonds is 2. The Morgan fingerprint density at radius 2 is 1.90 bits per heavy atom. The molecule has 1 N–H and O–H groups in total. The molecule has 2 aliphatic rings. The number of nitrogens with zero attached hydrogens (tertiary/aromatic N) is 3. The van der Waals surface area contributed by atoms with Crippen LogP contribution in [0.25, 0.3) is 5.70 Å². The summed E-state index contributed by atoms with van der Waals surface area (Å²) in [6, 6.07) is 20.8. The third-order valence-electron chi connectivity index (χ3n) is 5.61. The van der Waals surface area contributed by atoms with Crippen LogP contribution in [0.4, 0.5) is 5.95 Å². The molecular formula is C23H18N4OS. The summed E-state index contributed by atoms with van der Waals surface area (Å²) in [7, 11) is 0. The van der Waals surface area contributed by atoms with Gasteiger partial charge in [-0.3, -0.25) is 0 Å². The minimum Gasteiger partial charge on any atom is -0.480 e. The molecule has 2 aromatic carbocycles. The molecule has 0 aliphatic carbocycles. The molecule has 0 fully saturated rings. The molecule has 0 radical (unpaired) electrons. The zero-order chi connectivity index (χ0) is 19.4. The van der Waals surface area contributed by atoms with Crippen LogP contribution in [-0.4, -0.2) is 14.8 Å². The van der Waals surface area contributed by atoms with Crippen molar-refractivity contribution in [2.24, 2.45) is 0 Å². The van der Waals surface area contributed by atoms with E-state index < -0.39 is 0 Å². The second-order valence-corrected chi connectivity index (χ2v) is 8.23. The van der Waals surface area contributed by atoms with Gasteiger partial charge in [-0.25, -0.2) is 4.68 Å². The van der Waals surface area contributed by atoms with E-state index in [4.69, 9.17) is 4.74 Å². The molecule has 0 spiro atoms. The van der Waals surface area contributed by atoms with Gasteiger partial charge < -0.3 is 10.1 Å². The van der Waals surface area contributed by atoms with Crippen molar-refractivity contribution in [2.75, 3.05) is 5.32 Å². The van der Waals surface area contributed by atoms with E-state index in [0.29, 0.717) is 0 Å². The van der Waals surface area contributed by atoms with E-state index in [2.05, 4.69) is 70.2 Å². The highest BCUT2D eigenvalue weighted by Gasteiger charge is 2.41. The molecule has 0 saturated heterocycles. The van der Waals surface area contributed by atoms with Gasteiger partial charge in [0.05, 0.1) is 5.70 Å². The van der Waals surface area contributed by atoms with Gasteiger partial charge in [-0.2, -0.15) is 10.1 Å². The maximum Gasteiger partial charge on any atom is 0.226 e. The van der Waals surface area contributed by atoms with Gasteiger partial charge in [-0.1, -0.05) is 42.5 Å². The molecule has 0 unspecified atom stereocenters. The zero-order valence-electron chi connectivity index (χ0n) is 15.7. The Labute approximate surface area is 172 Å². The maximum atomic E-state index is 6.58. The van der Waals surface area contributed by atoms with E-state index in [1.165, 1.54) is 21.6 Å². The first kappa shape index (κ1) is 16.6. The highest BCUT2D eigenvalue weighted by atomic mass is 32.1. The minimum atomic E-state index is -0.186. The summed E-state index contributed by atoms with van der Waals surface area (Å²) in [5, 5.41) is 10.2. The van der Waals surface area contributed by atoms with Crippen LogP contribution < -0.4 is 10.1 Å². The van der Waals surface area contributed by atoms with Gasteiger partial charge >= 0.3 is 0 Å². The molecule has 4 heterocycles. The fourth-order valence-corrected chi connectivity index (χ4v) is 5.06. The van der Waals surface area contributed by atoms with E-state index in [1.807, 2.05) is 22.9 Å². The summed E-state index contributed by atoms with van der Waals surface area (Å²) >= 11 is 1.71. The quantitative estimate of drug-likeness (QED) is 0.504. The molecule has 2 aromatic heterocycles. The molecule has 5 nitrogen and oxygen atoms in total. The van der Waals surface area contributed by atoms with Gasteiger partial charge in [0.25, 0.3) is 0 Å². The average molecular weight is 398 g/mol. The highest BCUT2D eigenvalue weighted by molar-refractivity contribution is 7.10. The van der Waals surface area contributed by atoms with Crippen LogP contribution in [0.5, 0.6) is 5.75 Å². The van der Waals surface area contributed by atoms with E-state index >= 15 is 0 Å². The lowest BCUT2D eigenvalue weighted by Gasteiger charge is -2.38. The van der Waals surface area contributed by atoms with Gasteiger partial charge in [0.2, 0.25) is 5.95 Å². The van der Waals surface area contributed by atoms with Crippen LogP contribution in [0, 0.1) is 6.92 Å². The number of benzene rings is 2. The van der Waals surface area contributed by atoms with Gasteiger partial charge in [0, 0.05) is 16.0 Å². The summed E-state index contributed by atoms with van der Waals surface area (Å²) in [6.45, 7) is 2.14. The number of nitrogens with one attached hydrogen (secondary N) is 1. The number of aromatic nitrogens is 3. The van der Waals surface area contributed by atoms with Crippen molar-refractivity contribution in [3.05, 3.63) is 99.5 Å². The van der Waals surface area contributed by atoms with Crippen LogP contribution in [0.2, 0.25) is 0 Å². The molecule has 2 aliphatic heterocycles. The first-order valence-corrected chi connectivity index (χ1v) is 10.4. The number of fused-ring (bicyclic) bond motifs is 3. The Balaban J connectivity index is 1.66. The monoisotopic (exact) mass is 398 g/mol. The zero-order valence-corrected chi connectivity index (χ0v) is 16.6. The van der Waals surface area contributed by atoms with Crippen molar-refractivity contribution in [3.8, 4) is 5.75 Å². The Morgan fingerprint density at radius 1 is 1.03 bits per heavy atom. The second-order valence-electron chi connectivity index (χ2n) is 7.25. The molecule has 0 bridgehead atoms.